The van der Waals surface area contributed by atoms with Crippen molar-refractivity contribution >= 4 is 17.4 Å². The van der Waals surface area contributed by atoms with Gasteiger partial charge in [-0.1, -0.05) is 0 Å². The summed E-state index contributed by atoms with van der Waals surface area (Å²) in [4.78, 5) is 17.8. The first-order chi connectivity index (χ1) is 11.1. The van der Waals surface area contributed by atoms with E-state index in [0.29, 0.717) is 19.7 Å². The lowest BCUT2D eigenvalue weighted by molar-refractivity contribution is 0.159. The summed E-state index contributed by atoms with van der Waals surface area (Å²) in [5.74, 6) is 0.867. The molecular formula is C17H20N2O3S. The molecule has 1 saturated heterocycles. The van der Waals surface area contributed by atoms with Crippen LogP contribution in [-0.4, -0.2) is 41.8 Å². The second kappa shape index (κ2) is 7.00. The summed E-state index contributed by atoms with van der Waals surface area (Å²) < 4.78 is 10.6. The minimum absolute atomic E-state index is 0.170. The molecule has 0 N–H and O–H groups in total. The number of aromatic nitrogens is 1. The molecule has 0 unspecified atom stereocenters. The largest absolute Gasteiger partial charge is 0.491 e. The number of hydrogen-bond acceptors (Lipinski definition) is 5. The lowest BCUT2D eigenvalue weighted by Crippen LogP contribution is -2.26. The number of benzene rings is 1. The van der Waals surface area contributed by atoms with Crippen molar-refractivity contribution in [2.75, 3.05) is 19.7 Å². The normalized spacial score (nSPS) is 14.4. The fourth-order valence-corrected chi connectivity index (χ4v) is 3.19. The van der Waals surface area contributed by atoms with Crippen LogP contribution in [0.1, 0.15) is 18.9 Å². The smallest absolute Gasteiger partial charge is 0.409 e. The highest BCUT2D eigenvalue weighted by atomic mass is 32.1. The van der Waals surface area contributed by atoms with Crippen LogP contribution in [0.5, 0.6) is 5.75 Å². The number of thiazole rings is 1. The van der Waals surface area contributed by atoms with Crippen molar-refractivity contribution in [1.82, 2.24) is 9.88 Å². The number of amides is 1. The van der Waals surface area contributed by atoms with E-state index in [1.807, 2.05) is 38.1 Å². The van der Waals surface area contributed by atoms with Crippen LogP contribution in [0.3, 0.4) is 0 Å². The summed E-state index contributed by atoms with van der Waals surface area (Å²) >= 11 is 1.62. The van der Waals surface area contributed by atoms with E-state index in [-0.39, 0.29) is 12.2 Å². The van der Waals surface area contributed by atoms with Crippen molar-refractivity contribution in [3.63, 3.8) is 0 Å². The maximum Gasteiger partial charge on any atom is 0.409 e. The van der Waals surface area contributed by atoms with Crippen LogP contribution in [0.15, 0.2) is 29.6 Å². The van der Waals surface area contributed by atoms with E-state index < -0.39 is 0 Å². The molecule has 3 rings (SSSR count). The van der Waals surface area contributed by atoms with Gasteiger partial charge in [0.2, 0.25) is 0 Å². The van der Waals surface area contributed by atoms with Crippen LogP contribution in [-0.2, 0) is 11.2 Å². The first kappa shape index (κ1) is 15.8. The maximum absolute atomic E-state index is 11.4. The molecular weight excluding hydrogens is 312 g/mol. The first-order valence-electron chi connectivity index (χ1n) is 7.75. The molecule has 1 fully saturated rings. The molecule has 1 amide bonds. The predicted octanol–water partition coefficient (Wildman–Crippen LogP) is 3.59. The van der Waals surface area contributed by atoms with E-state index in [0.717, 1.165) is 28.4 Å². The number of carbonyl (C=O) groups excluding carboxylic acids is 1. The molecule has 23 heavy (non-hydrogen) atoms. The summed E-state index contributed by atoms with van der Waals surface area (Å²) in [5, 5.41) is 3.08. The second-order valence-electron chi connectivity index (χ2n) is 5.67. The van der Waals surface area contributed by atoms with Gasteiger partial charge >= 0.3 is 6.09 Å². The zero-order valence-electron chi connectivity index (χ0n) is 13.3. The number of ether oxygens (including phenoxy) is 2. The number of cyclic esters (lactones) is 1. The van der Waals surface area contributed by atoms with Crippen molar-refractivity contribution < 1.29 is 14.3 Å². The maximum atomic E-state index is 11.4. The molecule has 6 heteroatoms. The van der Waals surface area contributed by atoms with Gasteiger partial charge in [0, 0.05) is 23.9 Å². The zero-order valence-corrected chi connectivity index (χ0v) is 14.1. The average molecular weight is 332 g/mol. The van der Waals surface area contributed by atoms with E-state index in [9.17, 15) is 4.79 Å². The molecule has 122 valence electrons. The Bertz CT molecular complexity index is 667. The minimum Gasteiger partial charge on any atom is -0.491 e. The van der Waals surface area contributed by atoms with Gasteiger partial charge in [-0.05, 0) is 38.1 Å². The van der Waals surface area contributed by atoms with Crippen LogP contribution in [0, 0.1) is 0 Å². The fraction of sp³-hybridized carbons (Fsp3) is 0.412. The third kappa shape index (κ3) is 4.01. The third-order valence-corrected chi connectivity index (χ3v) is 4.42. The Morgan fingerprint density at radius 3 is 2.78 bits per heavy atom. The Morgan fingerprint density at radius 2 is 2.13 bits per heavy atom. The third-order valence-electron chi connectivity index (χ3n) is 3.51. The van der Waals surface area contributed by atoms with Crippen LogP contribution in [0.25, 0.3) is 11.3 Å². The molecule has 5 nitrogen and oxygen atoms in total. The van der Waals surface area contributed by atoms with Gasteiger partial charge in [0.25, 0.3) is 0 Å². The Morgan fingerprint density at radius 1 is 1.35 bits per heavy atom. The van der Waals surface area contributed by atoms with Gasteiger partial charge in [0.05, 0.1) is 23.4 Å². The summed E-state index contributed by atoms with van der Waals surface area (Å²) in [7, 11) is 0. The Kier molecular flexibility index (Phi) is 4.81. The topological polar surface area (TPSA) is 51.7 Å². The van der Waals surface area contributed by atoms with Gasteiger partial charge in [-0.15, -0.1) is 11.3 Å². The van der Waals surface area contributed by atoms with Gasteiger partial charge in [-0.3, -0.25) is 0 Å². The minimum atomic E-state index is -0.220. The van der Waals surface area contributed by atoms with Crippen molar-refractivity contribution in [2.24, 2.45) is 0 Å². The van der Waals surface area contributed by atoms with E-state index in [1.165, 1.54) is 0 Å². The molecule has 0 saturated carbocycles. The molecule has 1 aromatic carbocycles. The van der Waals surface area contributed by atoms with Gasteiger partial charge in [0.15, 0.2) is 0 Å². The summed E-state index contributed by atoms with van der Waals surface area (Å²) in [5.41, 5.74) is 2.04. The van der Waals surface area contributed by atoms with Crippen molar-refractivity contribution in [3.8, 4) is 17.0 Å². The van der Waals surface area contributed by atoms with Gasteiger partial charge in [0.1, 0.15) is 12.4 Å². The van der Waals surface area contributed by atoms with Crippen LogP contribution >= 0.6 is 11.3 Å². The fourth-order valence-electron chi connectivity index (χ4n) is 2.39. The van der Waals surface area contributed by atoms with E-state index >= 15 is 0 Å². The quantitative estimate of drug-likeness (QED) is 0.811. The molecule has 0 aliphatic carbocycles. The summed E-state index contributed by atoms with van der Waals surface area (Å²) in [6.07, 6.45) is 0.709. The highest BCUT2D eigenvalue weighted by Crippen LogP contribution is 2.25. The first-order valence-corrected chi connectivity index (χ1v) is 8.63. The Balaban J connectivity index is 1.61. The highest BCUT2D eigenvalue weighted by molar-refractivity contribution is 7.09. The van der Waals surface area contributed by atoms with Crippen molar-refractivity contribution in [1.29, 1.82) is 0 Å². The van der Waals surface area contributed by atoms with Crippen LogP contribution in [0.2, 0.25) is 0 Å². The number of nitrogens with zero attached hydrogens (tertiary/aromatic N) is 2. The lowest BCUT2D eigenvalue weighted by atomic mass is 10.2. The average Bonchev–Trinajstić information content (AvgIpc) is 3.14. The lowest BCUT2D eigenvalue weighted by Gasteiger charge is -2.10. The highest BCUT2D eigenvalue weighted by Gasteiger charge is 2.21. The molecule has 1 aliphatic rings. The SMILES string of the molecule is CC(C)Oc1ccc(-c2csc(CCN3CCOC3=O)n2)cc1. The van der Waals surface area contributed by atoms with Gasteiger partial charge in [-0.2, -0.15) is 0 Å². The second-order valence-corrected chi connectivity index (χ2v) is 6.61. The standard InChI is InChI=1S/C17H20N2O3S/c1-12(2)22-14-5-3-13(4-6-14)15-11-23-16(18-15)7-8-19-9-10-21-17(19)20/h3-6,11-12H,7-10H2,1-2H3. The molecule has 1 aliphatic heterocycles. The van der Waals surface area contributed by atoms with E-state index in [2.05, 4.69) is 10.4 Å². The summed E-state index contributed by atoms with van der Waals surface area (Å²) in [6.45, 7) is 5.85. The van der Waals surface area contributed by atoms with E-state index in [4.69, 9.17) is 9.47 Å². The van der Waals surface area contributed by atoms with Gasteiger partial charge < -0.3 is 14.4 Å². The molecule has 0 radical (unpaired) electrons. The molecule has 1 aromatic heterocycles. The van der Waals surface area contributed by atoms with Crippen LogP contribution in [0.4, 0.5) is 4.79 Å². The predicted molar refractivity (Wildman–Crippen MR) is 89.9 cm³/mol. The Labute approximate surface area is 139 Å². The van der Waals surface area contributed by atoms with E-state index in [1.54, 1.807) is 16.2 Å². The van der Waals surface area contributed by atoms with Gasteiger partial charge in [-0.25, -0.2) is 9.78 Å². The number of carbonyl (C=O) groups is 1. The Hall–Kier alpha value is -2.08. The molecule has 2 heterocycles. The zero-order chi connectivity index (χ0) is 16.2. The molecule has 0 spiro atoms. The van der Waals surface area contributed by atoms with Crippen LogP contribution < -0.4 is 4.74 Å². The molecule has 0 bridgehead atoms. The summed E-state index contributed by atoms with van der Waals surface area (Å²) in [6, 6.07) is 7.98. The molecule has 2 aromatic rings. The number of rotatable bonds is 6. The van der Waals surface area contributed by atoms with Crippen molar-refractivity contribution in [2.45, 2.75) is 26.4 Å². The number of hydrogen-bond donors (Lipinski definition) is 0. The molecule has 0 atom stereocenters. The monoisotopic (exact) mass is 332 g/mol. The van der Waals surface area contributed by atoms with Crippen molar-refractivity contribution in [3.05, 3.63) is 34.7 Å².